The Hall–Kier alpha value is -2.39. The molecule has 0 aromatic heterocycles. The van der Waals surface area contributed by atoms with Crippen LogP contribution in [0.2, 0.25) is 0 Å². The molecular weight excluding hydrogens is 506 g/mol. The number of phenols is 1. The summed E-state index contributed by atoms with van der Waals surface area (Å²) in [5, 5.41) is 16.4. The molecule has 0 spiro atoms. The van der Waals surface area contributed by atoms with Gasteiger partial charge in [0.1, 0.15) is 17.4 Å². The fourth-order valence-corrected chi connectivity index (χ4v) is 3.74. The van der Waals surface area contributed by atoms with Crippen LogP contribution in [0.25, 0.3) is 0 Å². The van der Waals surface area contributed by atoms with Gasteiger partial charge in [0.05, 0.1) is 22.3 Å². The molecule has 0 aliphatic heterocycles. The largest absolute Gasteiger partial charge is 0.506 e. The Morgan fingerprint density at radius 3 is 2.21 bits per heavy atom. The number of phenolic OH excluding ortho intramolecular Hbond substituents is 1. The monoisotopic (exact) mass is 525 g/mol. The molecule has 0 aliphatic carbocycles. The fraction of sp³-hybridized carbons (Fsp3) is 0.250. The SMILES string of the molecule is COc1ccc(NC(=O)C(C(=O)NN=Cc2cc(Br)c(O)c(Br)c2)C(C)C)cc1. The third-order valence-corrected chi connectivity index (χ3v) is 5.23. The minimum Gasteiger partial charge on any atom is -0.506 e. The van der Waals surface area contributed by atoms with Crippen LogP contribution in [0.3, 0.4) is 0 Å². The van der Waals surface area contributed by atoms with Crippen LogP contribution in [-0.4, -0.2) is 30.2 Å². The molecule has 154 valence electrons. The van der Waals surface area contributed by atoms with Gasteiger partial charge in [-0.05, 0) is 79.7 Å². The van der Waals surface area contributed by atoms with Crippen molar-refractivity contribution in [2.75, 3.05) is 12.4 Å². The van der Waals surface area contributed by atoms with Gasteiger partial charge in [0, 0.05) is 5.69 Å². The Kier molecular flexibility index (Phi) is 8.21. The Labute approximate surface area is 185 Å². The molecule has 1 atom stereocenters. The number of anilines is 1. The topological polar surface area (TPSA) is 100 Å². The van der Waals surface area contributed by atoms with Gasteiger partial charge in [-0.1, -0.05) is 13.8 Å². The first-order chi connectivity index (χ1) is 13.7. The number of carbonyl (C=O) groups is 2. The molecule has 2 aromatic rings. The van der Waals surface area contributed by atoms with Crippen molar-refractivity contribution in [3.63, 3.8) is 0 Å². The summed E-state index contributed by atoms with van der Waals surface area (Å²) in [6.07, 6.45) is 1.42. The zero-order valence-electron chi connectivity index (χ0n) is 16.1. The molecule has 2 amide bonds. The van der Waals surface area contributed by atoms with Crippen molar-refractivity contribution in [3.05, 3.63) is 50.9 Å². The van der Waals surface area contributed by atoms with Crippen LogP contribution in [0.4, 0.5) is 5.69 Å². The highest BCUT2D eigenvalue weighted by molar-refractivity contribution is 9.11. The first-order valence-corrected chi connectivity index (χ1v) is 10.3. The molecule has 9 heteroatoms. The number of amides is 2. The van der Waals surface area contributed by atoms with Crippen molar-refractivity contribution in [1.82, 2.24) is 5.43 Å². The summed E-state index contributed by atoms with van der Waals surface area (Å²) in [5.74, 6) is -1.36. The normalized spacial score (nSPS) is 12.1. The van der Waals surface area contributed by atoms with Crippen LogP contribution >= 0.6 is 31.9 Å². The molecule has 2 aromatic carbocycles. The maximum Gasteiger partial charge on any atom is 0.252 e. The molecule has 0 heterocycles. The van der Waals surface area contributed by atoms with Crippen molar-refractivity contribution in [2.24, 2.45) is 16.9 Å². The lowest BCUT2D eigenvalue weighted by Crippen LogP contribution is -2.39. The van der Waals surface area contributed by atoms with Gasteiger partial charge in [-0.15, -0.1) is 0 Å². The van der Waals surface area contributed by atoms with Crippen LogP contribution < -0.4 is 15.5 Å². The first kappa shape index (κ1) is 22.9. The third kappa shape index (κ3) is 6.30. The number of hydrogen-bond acceptors (Lipinski definition) is 5. The van der Waals surface area contributed by atoms with Gasteiger partial charge in [0.15, 0.2) is 0 Å². The molecule has 2 rings (SSSR count). The van der Waals surface area contributed by atoms with Gasteiger partial charge in [-0.2, -0.15) is 5.10 Å². The van der Waals surface area contributed by atoms with Crippen molar-refractivity contribution in [2.45, 2.75) is 13.8 Å². The summed E-state index contributed by atoms with van der Waals surface area (Å²) >= 11 is 6.46. The maximum atomic E-state index is 12.6. The lowest BCUT2D eigenvalue weighted by molar-refractivity contribution is -0.134. The molecule has 29 heavy (non-hydrogen) atoms. The van der Waals surface area contributed by atoms with E-state index in [1.807, 2.05) is 0 Å². The lowest BCUT2D eigenvalue weighted by atomic mass is 9.94. The average Bonchev–Trinajstić information content (AvgIpc) is 2.66. The second-order valence-electron chi connectivity index (χ2n) is 6.51. The van der Waals surface area contributed by atoms with E-state index in [2.05, 4.69) is 47.7 Å². The summed E-state index contributed by atoms with van der Waals surface area (Å²) < 4.78 is 6.06. The summed E-state index contributed by atoms with van der Waals surface area (Å²) in [7, 11) is 1.56. The third-order valence-electron chi connectivity index (χ3n) is 4.02. The Morgan fingerprint density at radius 2 is 1.69 bits per heavy atom. The van der Waals surface area contributed by atoms with E-state index < -0.39 is 17.7 Å². The highest BCUT2D eigenvalue weighted by atomic mass is 79.9. The summed E-state index contributed by atoms with van der Waals surface area (Å²) in [6, 6.07) is 10.1. The molecule has 0 saturated carbocycles. The van der Waals surface area contributed by atoms with Crippen molar-refractivity contribution in [3.8, 4) is 11.5 Å². The van der Waals surface area contributed by atoms with E-state index in [1.165, 1.54) is 6.21 Å². The number of rotatable bonds is 7. The highest BCUT2D eigenvalue weighted by Crippen LogP contribution is 2.32. The molecule has 0 fully saturated rings. The van der Waals surface area contributed by atoms with Crippen molar-refractivity contribution in [1.29, 1.82) is 0 Å². The average molecular weight is 527 g/mol. The summed E-state index contributed by atoms with van der Waals surface area (Å²) in [4.78, 5) is 25.1. The molecule has 0 radical (unpaired) electrons. The minimum absolute atomic E-state index is 0.0706. The van der Waals surface area contributed by atoms with E-state index >= 15 is 0 Å². The predicted octanol–water partition coefficient (Wildman–Crippen LogP) is 4.29. The quantitative estimate of drug-likeness (QED) is 0.284. The van der Waals surface area contributed by atoms with Gasteiger partial charge >= 0.3 is 0 Å². The molecule has 7 nitrogen and oxygen atoms in total. The van der Waals surface area contributed by atoms with E-state index in [-0.39, 0.29) is 11.7 Å². The molecule has 0 saturated heterocycles. The highest BCUT2D eigenvalue weighted by Gasteiger charge is 2.29. The number of halogens is 2. The van der Waals surface area contributed by atoms with E-state index in [0.29, 0.717) is 25.9 Å². The van der Waals surface area contributed by atoms with Gasteiger partial charge in [0.25, 0.3) is 5.91 Å². The number of hydrazone groups is 1. The summed E-state index contributed by atoms with van der Waals surface area (Å²) in [5.41, 5.74) is 3.62. The number of benzene rings is 2. The molecule has 0 bridgehead atoms. The number of hydrogen-bond donors (Lipinski definition) is 3. The zero-order valence-corrected chi connectivity index (χ0v) is 19.2. The number of methoxy groups -OCH3 is 1. The van der Waals surface area contributed by atoms with Crippen LogP contribution in [0.5, 0.6) is 11.5 Å². The van der Waals surface area contributed by atoms with E-state index in [4.69, 9.17) is 4.74 Å². The van der Waals surface area contributed by atoms with Crippen molar-refractivity contribution >= 4 is 55.6 Å². The Morgan fingerprint density at radius 1 is 1.10 bits per heavy atom. The van der Waals surface area contributed by atoms with E-state index in [9.17, 15) is 14.7 Å². The maximum absolute atomic E-state index is 12.6. The number of nitrogens with zero attached hydrogens (tertiary/aromatic N) is 1. The molecule has 1 unspecified atom stereocenters. The van der Waals surface area contributed by atoms with Crippen LogP contribution in [0, 0.1) is 11.8 Å². The fourth-order valence-electron chi connectivity index (χ4n) is 2.52. The Bertz CT molecular complexity index is 891. The second-order valence-corrected chi connectivity index (χ2v) is 8.22. The number of ether oxygens (including phenoxy) is 1. The van der Waals surface area contributed by atoms with Crippen molar-refractivity contribution < 1.29 is 19.4 Å². The van der Waals surface area contributed by atoms with Crippen LogP contribution in [0.1, 0.15) is 19.4 Å². The molecule has 3 N–H and O–H groups in total. The standard InChI is InChI=1S/C20H21Br2N3O4/c1-11(2)17(19(27)24-13-4-6-14(29-3)7-5-13)20(28)25-23-10-12-8-15(21)18(26)16(22)9-12/h4-11,17,26H,1-3H3,(H,24,27)(H,25,28). The van der Waals surface area contributed by atoms with E-state index in [0.717, 1.165) is 0 Å². The number of nitrogens with one attached hydrogen (secondary N) is 2. The van der Waals surface area contributed by atoms with Crippen LogP contribution in [0.15, 0.2) is 50.4 Å². The summed E-state index contributed by atoms with van der Waals surface area (Å²) in [6.45, 7) is 3.57. The predicted molar refractivity (Wildman–Crippen MR) is 119 cm³/mol. The van der Waals surface area contributed by atoms with Gasteiger partial charge in [0.2, 0.25) is 5.91 Å². The van der Waals surface area contributed by atoms with Gasteiger partial charge in [-0.25, -0.2) is 5.43 Å². The molecular formula is C20H21Br2N3O4. The Balaban J connectivity index is 2.05. The molecule has 0 aliphatic rings. The zero-order chi connectivity index (χ0) is 21.6. The lowest BCUT2D eigenvalue weighted by Gasteiger charge is -2.18. The second kappa shape index (κ2) is 10.4. The van der Waals surface area contributed by atoms with Gasteiger partial charge < -0.3 is 15.2 Å². The number of carbonyl (C=O) groups excluding carboxylic acids is 2. The smallest absolute Gasteiger partial charge is 0.252 e. The minimum atomic E-state index is -0.924. The van der Waals surface area contributed by atoms with E-state index in [1.54, 1.807) is 57.4 Å². The first-order valence-electron chi connectivity index (χ1n) is 8.68. The van der Waals surface area contributed by atoms with Gasteiger partial charge in [-0.3, -0.25) is 9.59 Å². The van der Waals surface area contributed by atoms with Crippen LogP contribution in [-0.2, 0) is 9.59 Å². The number of aromatic hydroxyl groups is 1.